The van der Waals surface area contributed by atoms with Gasteiger partial charge >= 0.3 is 0 Å². The number of amides is 1. The van der Waals surface area contributed by atoms with Gasteiger partial charge in [0.15, 0.2) is 11.5 Å². The van der Waals surface area contributed by atoms with Crippen molar-refractivity contribution in [2.75, 3.05) is 11.9 Å². The number of rotatable bonds is 7. The number of carbonyl (C=O) groups excluding carboxylic acids is 1. The second kappa shape index (κ2) is 8.26. The topological polar surface area (TPSA) is 97.1 Å². The fraction of sp³-hybridized carbons (Fsp3) is 0.150. The van der Waals surface area contributed by atoms with Crippen molar-refractivity contribution < 1.29 is 4.79 Å². The lowest BCUT2D eigenvalue weighted by Gasteiger charge is -2.07. The maximum atomic E-state index is 12.1. The Morgan fingerprint density at radius 3 is 2.61 bits per heavy atom. The Balaban J connectivity index is 1.39. The Labute approximate surface area is 161 Å². The SMILES string of the molecule is O=C(NCCc1nnc2ccc(NCc3ccncc3)nn12)c1ccccc1. The quantitative estimate of drug-likeness (QED) is 0.515. The molecule has 0 fully saturated rings. The number of fused-ring (bicyclic) bond motifs is 1. The van der Waals surface area contributed by atoms with E-state index in [1.54, 1.807) is 29.0 Å². The number of aromatic nitrogens is 5. The maximum Gasteiger partial charge on any atom is 0.251 e. The van der Waals surface area contributed by atoms with E-state index in [9.17, 15) is 4.79 Å². The van der Waals surface area contributed by atoms with Crippen LogP contribution in [-0.4, -0.2) is 37.2 Å². The highest BCUT2D eigenvalue weighted by atomic mass is 16.1. The fourth-order valence-electron chi connectivity index (χ4n) is 2.76. The Bertz CT molecular complexity index is 1060. The Kier molecular flexibility index (Phi) is 5.19. The molecule has 0 bridgehead atoms. The smallest absolute Gasteiger partial charge is 0.251 e. The van der Waals surface area contributed by atoms with E-state index in [4.69, 9.17) is 0 Å². The first kappa shape index (κ1) is 17.6. The molecule has 8 heteroatoms. The summed E-state index contributed by atoms with van der Waals surface area (Å²) in [6.07, 6.45) is 4.05. The average Bonchev–Trinajstić information content (AvgIpc) is 3.16. The number of pyridine rings is 1. The van der Waals surface area contributed by atoms with Gasteiger partial charge in [0, 0.05) is 37.5 Å². The predicted molar refractivity (Wildman–Crippen MR) is 105 cm³/mol. The van der Waals surface area contributed by atoms with E-state index in [0.29, 0.717) is 36.5 Å². The van der Waals surface area contributed by atoms with Crippen LogP contribution in [0.25, 0.3) is 5.65 Å². The molecule has 1 amide bonds. The summed E-state index contributed by atoms with van der Waals surface area (Å²) in [6, 6.07) is 16.7. The highest BCUT2D eigenvalue weighted by Gasteiger charge is 2.09. The molecule has 0 atom stereocenters. The molecule has 0 saturated heterocycles. The zero-order valence-corrected chi connectivity index (χ0v) is 15.1. The molecule has 0 aliphatic carbocycles. The van der Waals surface area contributed by atoms with Crippen LogP contribution in [0.4, 0.5) is 5.82 Å². The van der Waals surface area contributed by atoms with E-state index in [-0.39, 0.29) is 5.91 Å². The van der Waals surface area contributed by atoms with Crippen molar-refractivity contribution in [1.29, 1.82) is 0 Å². The van der Waals surface area contributed by atoms with E-state index in [0.717, 1.165) is 11.4 Å². The largest absolute Gasteiger partial charge is 0.365 e. The second-order valence-electron chi connectivity index (χ2n) is 6.19. The summed E-state index contributed by atoms with van der Waals surface area (Å²) < 4.78 is 1.70. The minimum atomic E-state index is -0.109. The van der Waals surface area contributed by atoms with Gasteiger partial charge in [0.2, 0.25) is 0 Å². The first-order valence-electron chi connectivity index (χ1n) is 8.97. The van der Waals surface area contributed by atoms with Crippen LogP contribution in [0.5, 0.6) is 0 Å². The number of nitrogens with zero attached hydrogens (tertiary/aromatic N) is 5. The van der Waals surface area contributed by atoms with Gasteiger partial charge in [-0.2, -0.15) is 4.52 Å². The van der Waals surface area contributed by atoms with Gasteiger partial charge in [0.1, 0.15) is 5.82 Å². The molecule has 28 heavy (non-hydrogen) atoms. The molecule has 0 aliphatic heterocycles. The Morgan fingerprint density at radius 1 is 0.964 bits per heavy atom. The Morgan fingerprint density at radius 2 is 1.79 bits per heavy atom. The van der Waals surface area contributed by atoms with Gasteiger partial charge in [-0.1, -0.05) is 18.2 Å². The number of carbonyl (C=O) groups is 1. The van der Waals surface area contributed by atoms with Gasteiger partial charge in [0.25, 0.3) is 5.91 Å². The van der Waals surface area contributed by atoms with Gasteiger partial charge in [-0.15, -0.1) is 15.3 Å². The maximum absolute atomic E-state index is 12.1. The molecule has 4 aromatic rings. The molecule has 0 radical (unpaired) electrons. The van der Waals surface area contributed by atoms with Crippen LogP contribution in [0, 0.1) is 0 Å². The molecule has 8 nitrogen and oxygen atoms in total. The minimum absolute atomic E-state index is 0.109. The molecular formula is C20H19N7O. The number of hydrogen-bond donors (Lipinski definition) is 2. The second-order valence-corrected chi connectivity index (χ2v) is 6.19. The first-order chi connectivity index (χ1) is 13.8. The summed E-state index contributed by atoms with van der Waals surface area (Å²) in [7, 11) is 0. The third-order valence-corrected chi connectivity index (χ3v) is 4.22. The molecular weight excluding hydrogens is 354 g/mol. The van der Waals surface area contributed by atoms with Crippen molar-refractivity contribution in [1.82, 2.24) is 30.1 Å². The van der Waals surface area contributed by atoms with Crippen LogP contribution in [0.15, 0.2) is 67.0 Å². The molecule has 4 rings (SSSR count). The summed E-state index contributed by atoms with van der Waals surface area (Å²) in [5.74, 6) is 1.30. The molecule has 140 valence electrons. The molecule has 1 aromatic carbocycles. The molecule has 0 spiro atoms. The van der Waals surface area contributed by atoms with Gasteiger partial charge < -0.3 is 10.6 Å². The zero-order valence-electron chi connectivity index (χ0n) is 15.1. The van der Waals surface area contributed by atoms with Crippen molar-refractivity contribution in [3.05, 3.63) is 83.9 Å². The highest BCUT2D eigenvalue weighted by molar-refractivity contribution is 5.94. The molecule has 0 unspecified atom stereocenters. The minimum Gasteiger partial charge on any atom is -0.365 e. The zero-order chi connectivity index (χ0) is 19.2. The summed E-state index contributed by atoms with van der Waals surface area (Å²) in [4.78, 5) is 16.1. The third kappa shape index (κ3) is 4.12. The van der Waals surface area contributed by atoms with E-state index >= 15 is 0 Å². The lowest BCUT2D eigenvalue weighted by atomic mass is 10.2. The van der Waals surface area contributed by atoms with Gasteiger partial charge in [-0.3, -0.25) is 9.78 Å². The highest BCUT2D eigenvalue weighted by Crippen LogP contribution is 2.09. The van der Waals surface area contributed by atoms with Crippen LogP contribution >= 0.6 is 0 Å². The van der Waals surface area contributed by atoms with Crippen molar-refractivity contribution in [3.8, 4) is 0 Å². The molecule has 3 heterocycles. The van der Waals surface area contributed by atoms with Crippen LogP contribution in [-0.2, 0) is 13.0 Å². The predicted octanol–water partition coefficient (Wildman–Crippen LogP) is 2.10. The molecule has 0 aliphatic rings. The number of anilines is 1. The van der Waals surface area contributed by atoms with Crippen LogP contribution in [0.3, 0.4) is 0 Å². The molecule has 0 saturated carbocycles. The third-order valence-electron chi connectivity index (χ3n) is 4.22. The van der Waals surface area contributed by atoms with Crippen LogP contribution in [0.1, 0.15) is 21.7 Å². The van der Waals surface area contributed by atoms with Crippen LogP contribution < -0.4 is 10.6 Å². The molecule has 3 aromatic heterocycles. The van der Waals surface area contributed by atoms with Crippen molar-refractivity contribution in [2.45, 2.75) is 13.0 Å². The monoisotopic (exact) mass is 373 g/mol. The van der Waals surface area contributed by atoms with E-state index in [2.05, 4.69) is 30.9 Å². The number of nitrogens with one attached hydrogen (secondary N) is 2. The normalized spacial score (nSPS) is 10.7. The summed E-state index contributed by atoms with van der Waals surface area (Å²) >= 11 is 0. The van der Waals surface area contributed by atoms with Crippen molar-refractivity contribution >= 4 is 17.4 Å². The fourth-order valence-corrected chi connectivity index (χ4v) is 2.76. The number of hydrogen-bond acceptors (Lipinski definition) is 6. The first-order valence-corrected chi connectivity index (χ1v) is 8.97. The van der Waals surface area contributed by atoms with Crippen LogP contribution in [0.2, 0.25) is 0 Å². The standard InChI is InChI=1S/C20H19N7O/c28-20(16-4-2-1-3-5-16)22-13-10-19-25-24-18-7-6-17(26-27(18)19)23-14-15-8-11-21-12-9-15/h1-9,11-12H,10,13-14H2,(H,22,28)(H,23,26). The lowest BCUT2D eigenvalue weighted by molar-refractivity contribution is 0.0954. The summed E-state index contributed by atoms with van der Waals surface area (Å²) in [6.45, 7) is 1.09. The summed E-state index contributed by atoms with van der Waals surface area (Å²) in [5.41, 5.74) is 2.41. The average molecular weight is 373 g/mol. The lowest BCUT2D eigenvalue weighted by Crippen LogP contribution is -2.26. The van der Waals surface area contributed by atoms with E-state index < -0.39 is 0 Å². The van der Waals surface area contributed by atoms with E-state index in [1.165, 1.54) is 0 Å². The van der Waals surface area contributed by atoms with Gasteiger partial charge in [0.05, 0.1) is 0 Å². The van der Waals surface area contributed by atoms with Gasteiger partial charge in [-0.05, 0) is 42.0 Å². The van der Waals surface area contributed by atoms with Gasteiger partial charge in [-0.25, -0.2) is 0 Å². The van der Waals surface area contributed by atoms with Crippen molar-refractivity contribution in [2.24, 2.45) is 0 Å². The molecule has 2 N–H and O–H groups in total. The summed E-state index contributed by atoms with van der Waals surface area (Å²) in [5, 5.41) is 19.1. The van der Waals surface area contributed by atoms with Crippen molar-refractivity contribution in [3.63, 3.8) is 0 Å². The van der Waals surface area contributed by atoms with E-state index in [1.807, 2.05) is 42.5 Å². The number of benzene rings is 1. The Hall–Kier alpha value is -3.81.